The zero-order chi connectivity index (χ0) is 20.4. The van der Waals surface area contributed by atoms with Gasteiger partial charge in [0.2, 0.25) is 0 Å². The minimum atomic E-state index is -0.753. The standard InChI is InChI=1S/C19H20N6O4/c1-12-22-16(9-29-12)19(28)24-7-13(6-14(26)8-24)23-18(27)15-4-2-3-5-17(15)25-11-20-10-21-25/h2-5,9-11,13-14,26H,6-8H2,1H3,(H,23,27)/t13-,14+/m0/s1. The van der Waals surface area contributed by atoms with Crippen LogP contribution < -0.4 is 5.32 Å². The molecule has 0 unspecified atom stereocenters. The van der Waals surface area contributed by atoms with Gasteiger partial charge in [-0.1, -0.05) is 12.1 Å². The maximum atomic E-state index is 12.9. The summed E-state index contributed by atoms with van der Waals surface area (Å²) in [7, 11) is 0. The number of benzene rings is 1. The fourth-order valence-corrected chi connectivity index (χ4v) is 3.43. The molecular formula is C19H20N6O4. The van der Waals surface area contributed by atoms with E-state index in [0.717, 1.165) is 0 Å². The number of rotatable bonds is 4. The lowest BCUT2D eigenvalue weighted by Gasteiger charge is -2.35. The lowest BCUT2D eigenvalue weighted by atomic mass is 10.0. The van der Waals surface area contributed by atoms with Crippen molar-refractivity contribution in [2.75, 3.05) is 13.1 Å². The number of amides is 2. The van der Waals surface area contributed by atoms with Gasteiger partial charge < -0.3 is 19.7 Å². The average molecular weight is 396 g/mol. The van der Waals surface area contributed by atoms with Crippen molar-refractivity contribution >= 4 is 11.8 Å². The van der Waals surface area contributed by atoms with Crippen molar-refractivity contribution in [1.82, 2.24) is 30.0 Å². The summed E-state index contributed by atoms with van der Waals surface area (Å²) in [5, 5.41) is 17.2. The number of β-amino-alcohol motifs (C(OH)–C–C–N with tert-alkyl or cyclic N) is 1. The van der Waals surface area contributed by atoms with E-state index in [9.17, 15) is 14.7 Å². The van der Waals surface area contributed by atoms with Gasteiger partial charge in [-0.05, 0) is 18.6 Å². The van der Waals surface area contributed by atoms with Crippen LogP contribution in [0, 0.1) is 6.92 Å². The average Bonchev–Trinajstić information content (AvgIpc) is 3.39. The van der Waals surface area contributed by atoms with E-state index in [1.165, 1.54) is 28.5 Å². The van der Waals surface area contributed by atoms with Gasteiger partial charge in [-0.3, -0.25) is 9.59 Å². The third-order valence-corrected chi connectivity index (χ3v) is 4.70. The highest BCUT2D eigenvalue weighted by Crippen LogP contribution is 2.17. The number of aryl methyl sites for hydroxylation is 1. The van der Waals surface area contributed by atoms with Gasteiger partial charge in [0.1, 0.15) is 18.9 Å². The van der Waals surface area contributed by atoms with Gasteiger partial charge in [0.25, 0.3) is 11.8 Å². The molecule has 150 valence electrons. The maximum Gasteiger partial charge on any atom is 0.275 e. The second kappa shape index (κ2) is 7.84. The Labute approximate surface area is 166 Å². The number of carbonyl (C=O) groups excluding carboxylic acids is 2. The van der Waals surface area contributed by atoms with Gasteiger partial charge in [0.15, 0.2) is 11.6 Å². The summed E-state index contributed by atoms with van der Waals surface area (Å²) < 4.78 is 6.60. The number of aliphatic hydroxyl groups excluding tert-OH is 1. The van der Waals surface area contributed by atoms with Crippen LogP contribution in [0.15, 0.2) is 47.6 Å². The monoisotopic (exact) mass is 396 g/mol. The molecule has 0 spiro atoms. The molecule has 4 rings (SSSR count). The first-order chi connectivity index (χ1) is 14.0. The van der Waals surface area contributed by atoms with Crippen LogP contribution in [0.25, 0.3) is 5.69 Å². The third-order valence-electron chi connectivity index (χ3n) is 4.70. The third kappa shape index (κ3) is 4.02. The van der Waals surface area contributed by atoms with E-state index in [-0.39, 0.29) is 30.6 Å². The number of hydrogen-bond acceptors (Lipinski definition) is 7. The van der Waals surface area contributed by atoms with Crippen LogP contribution in [0.2, 0.25) is 0 Å². The Bertz CT molecular complexity index is 1020. The van der Waals surface area contributed by atoms with Crippen LogP contribution in [-0.2, 0) is 0 Å². The van der Waals surface area contributed by atoms with Gasteiger partial charge in [0, 0.05) is 26.1 Å². The molecule has 1 aliphatic rings. The number of hydrogen-bond donors (Lipinski definition) is 2. The van der Waals surface area contributed by atoms with Crippen molar-refractivity contribution < 1.29 is 19.1 Å². The van der Waals surface area contributed by atoms with Crippen molar-refractivity contribution in [3.05, 3.63) is 60.3 Å². The van der Waals surface area contributed by atoms with Crippen molar-refractivity contribution in [3.63, 3.8) is 0 Å². The zero-order valence-electron chi connectivity index (χ0n) is 15.7. The second-order valence-corrected chi connectivity index (χ2v) is 6.88. The molecule has 10 heteroatoms. The molecular weight excluding hydrogens is 376 g/mol. The number of nitrogens with zero attached hydrogens (tertiary/aromatic N) is 5. The number of aliphatic hydroxyl groups is 1. The molecule has 3 heterocycles. The largest absolute Gasteiger partial charge is 0.448 e. The van der Waals surface area contributed by atoms with E-state index in [1.807, 2.05) is 0 Å². The molecule has 0 bridgehead atoms. The number of piperidine rings is 1. The Hall–Kier alpha value is -3.53. The fourth-order valence-electron chi connectivity index (χ4n) is 3.43. The Kier molecular flexibility index (Phi) is 5.09. The van der Waals surface area contributed by atoms with E-state index in [0.29, 0.717) is 23.6 Å². The van der Waals surface area contributed by atoms with Crippen LogP contribution >= 0.6 is 0 Å². The summed E-state index contributed by atoms with van der Waals surface area (Å²) in [6.07, 6.45) is 3.79. The first-order valence-electron chi connectivity index (χ1n) is 9.15. The predicted octanol–water partition coefficient (Wildman–Crippen LogP) is 0.569. The van der Waals surface area contributed by atoms with E-state index >= 15 is 0 Å². The van der Waals surface area contributed by atoms with Gasteiger partial charge in [-0.15, -0.1) is 0 Å². The van der Waals surface area contributed by atoms with Crippen molar-refractivity contribution in [2.45, 2.75) is 25.5 Å². The summed E-state index contributed by atoms with van der Waals surface area (Å²) >= 11 is 0. The van der Waals surface area contributed by atoms with E-state index in [2.05, 4.69) is 20.4 Å². The molecule has 0 saturated carbocycles. The van der Waals surface area contributed by atoms with Gasteiger partial charge in [-0.2, -0.15) is 5.10 Å². The van der Waals surface area contributed by atoms with E-state index in [1.54, 1.807) is 31.2 Å². The Balaban J connectivity index is 1.49. The SMILES string of the molecule is Cc1nc(C(=O)N2C[C@H](O)C[C@H](NC(=O)c3ccccc3-n3cncn3)C2)co1. The lowest BCUT2D eigenvalue weighted by molar-refractivity contribution is 0.0367. The lowest BCUT2D eigenvalue weighted by Crippen LogP contribution is -2.54. The summed E-state index contributed by atoms with van der Waals surface area (Å²) in [5.41, 5.74) is 1.19. The molecule has 2 amide bonds. The van der Waals surface area contributed by atoms with E-state index < -0.39 is 12.1 Å². The molecule has 3 aromatic rings. The minimum Gasteiger partial charge on any atom is -0.448 e. The number of para-hydroxylation sites is 1. The van der Waals surface area contributed by atoms with Crippen LogP contribution in [-0.4, -0.2) is 66.8 Å². The summed E-state index contributed by atoms with van der Waals surface area (Å²) in [6, 6.07) is 6.60. The molecule has 2 atom stereocenters. The zero-order valence-corrected chi connectivity index (χ0v) is 15.7. The fraction of sp³-hybridized carbons (Fsp3) is 0.316. The molecule has 1 fully saturated rings. The molecule has 1 aliphatic heterocycles. The highest BCUT2D eigenvalue weighted by atomic mass is 16.3. The minimum absolute atomic E-state index is 0.173. The molecule has 10 nitrogen and oxygen atoms in total. The highest BCUT2D eigenvalue weighted by molar-refractivity contribution is 5.98. The van der Waals surface area contributed by atoms with E-state index in [4.69, 9.17) is 4.42 Å². The number of nitrogens with one attached hydrogen (secondary N) is 1. The first kappa shape index (κ1) is 18.8. The summed E-state index contributed by atoms with van der Waals surface area (Å²) in [5.74, 6) is -0.275. The Morgan fingerprint density at radius 3 is 2.83 bits per heavy atom. The summed E-state index contributed by atoms with van der Waals surface area (Å²) in [6.45, 7) is 2.09. The van der Waals surface area contributed by atoms with Gasteiger partial charge in [-0.25, -0.2) is 14.6 Å². The Morgan fingerprint density at radius 2 is 2.10 bits per heavy atom. The topological polar surface area (TPSA) is 126 Å². The van der Waals surface area contributed by atoms with Crippen molar-refractivity contribution in [1.29, 1.82) is 0 Å². The maximum absolute atomic E-state index is 12.9. The molecule has 0 radical (unpaired) electrons. The number of carbonyl (C=O) groups is 2. The predicted molar refractivity (Wildman–Crippen MR) is 100 cm³/mol. The van der Waals surface area contributed by atoms with Crippen LogP contribution in [0.1, 0.15) is 33.2 Å². The molecule has 2 N–H and O–H groups in total. The number of likely N-dealkylation sites (tertiary alicyclic amines) is 1. The smallest absolute Gasteiger partial charge is 0.275 e. The van der Waals surface area contributed by atoms with Gasteiger partial charge >= 0.3 is 0 Å². The molecule has 2 aromatic heterocycles. The van der Waals surface area contributed by atoms with Crippen LogP contribution in [0.5, 0.6) is 0 Å². The number of aromatic nitrogens is 4. The van der Waals surface area contributed by atoms with Crippen LogP contribution in [0.3, 0.4) is 0 Å². The van der Waals surface area contributed by atoms with Crippen molar-refractivity contribution in [2.24, 2.45) is 0 Å². The highest BCUT2D eigenvalue weighted by Gasteiger charge is 2.32. The summed E-state index contributed by atoms with van der Waals surface area (Å²) in [4.78, 5) is 35.0. The quantitative estimate of drug-likeness (QED) is 0.660. The number of oxazole rings is 1. The molecule has 0 aliphatic carbocycles. The first-order valence-corrected chi connectivity index (χ1v) is 9.15. The van der Waals surface area contributed by atoms with Gasteiger partial charge in [0.05, 0.1) is 17.4 Å². The second-order valence-electron chi connectivity index (χ2n) is 6.88. The van der Waals surface area contributed by atoms with Crippen molar-refractivity contribution in [3.8, 4) is 5.69 Å². The Morgan fingerprint density at radius 1 is 1.28 bits per heavy atom. The normalized spacial score (nSPS) is 19.2. The molecule has 29 heavy (non-hydrogen) atoms. The van der Waals surface area contributed by atoms with Crippen LogP contribution in [0.4, 0.5) is 0 Å². The molecule has 1 saturated heterocycles. The molecule has 1 aromatic carbocycles.